The van der Waals surface area contributed by atoms with Gasteiger partial charge in [-0.3, -0.25) is 0 Å². The van der Waals surface area contributed by atoms with Crippen LogP contribution in [0.2, 0.25) is 0 Å². The first-order valence-corrected chi connectivity index (χ1v) is 6.24. The Balaban J connectivity index is 2.27. The monoisotopic (exact) mass is 237 g/mol. The van der Waals surface area contributed by atoms with E-state index in [0.717, 1.165) is 29.7 Å². The number of hydrogen-bond acceptors (Lipinski definition) is 3. The van der Waals surface area contributed by atoms with Crippen molar-refractivity contribution in [2.75, 3.05) is 6.54 Å². The number of nitrogens with zero attached hydrogens (tertiary/aromatic N) is 1. The highest BCUT2D eigenvalue weighted by molar-refractivity contribution is 7.67. The average Bonchev–Trinajstić information content (AvgIpc) is 2.34. The SMILES string of the molecule is O=S=C(c1ccccc1)C1CCCCN1O. The minimum atomic E-state index is -0.126. The molecule has 3 nitrogen and oxygen atoms in total. The van der Waals surface area contributed by atoms with Crippen molar-refractivity contribution in [1.82, 2.24) is 5.06 Å². The van der Waals surface area contributed by atoms with Gasteiger partial charge in [0.1, 0.15) is 0 Å². The molecule has 2 rings (SSSR count). The zero-order valence-electron chi connectivity index (χ0n) is 9.00. The van der Waals surface area contributed by atoms with Crippen LogP contribution >= 0.6 is 0 Å². The molecule has 86 valence electrons. The molecule has 0 aromatic heterocycles. The van der Waals surface area contributed by atoms with Crippen LogP contribution in [-0.4, -0.2) is 31.9 Å². The lowest BCUT2D eigenvalue weighted by atomic mass is 9.97. The van der Waals surface area contributed by atoms with Gasteiger partial charge in [-0.25, -0.2) is 4.21 Å². The quantitative estimate of drug-likeness (QED) is 0.628. The van der Waals surface area contributed by atoms with Gasteiger partial charge in [0.15, 0.2) is 0 Å². The third-order valence-electron chi connectivity index (χ3n) is 2.93. The minimum Gasteiger partial charge on any atom is -0.313 e. The van der Waals surface area contributed by atoms with E-state index in [1.165, 1.54) is 5.06 Å². The number of hydrogen-bond donors (Lipinski definition) is 1. The van der Waals surface area contributed by atoms with Crippen molar-refractivity contribution in [2.24, 2.45) is 0 Å². The molecular formula is C12H15NO2S. The minimum absolute atomic E-state index is 0.126. The van der Waals surface area contributed by atoms with E-state index in [9.17, 15) is 9.42 Å². The van der Waals surface area contributed by atoms with Crippen LogP contribution in [0.15, 0.2) is 30.3 Å². The first-order valence-electron chi connectivity index (χ1n) is 5.50. The van der Waals surface area contributed by atoms with Crippen LogP contribution in [0.3, 0.4) is 0 Å². The van der Waals surface area contributed by atoms with Gasteiger partial charge in [0, 0.05) is 6.54 Å². The predicted molar refractivity (Wildman–Crippen MR) is 64.8 cm³/mol. The van der Waals surface area contributed by atoms with E-state index >= 15 is 0 Å². The molecule has 1 saturated heterocycles. The van der Waals surface area contributed by atoms with Gasteiger partial charge in [0.25, 0.3) is 0 Å². The Hall–Kier alpha value is -0.970. The summed E-state index contributed by atoms with van der Waals surface area (Å²) in [5.41, 5.74) is 0.924. The molecule has 0 amide bonds. The molecule has 1 aliphatic rings. The lowest BCUT2D eigenvalue weighted by Gasteiger charge is -2.30. The van der Waals surface area contributed by atoms with Crippen LogP contribution < -0.4 is 0 Å². The van der Waals surface area contributed by atoms with E-state index in [0.29, 0.717) is 17.8 Å². The zero-order chi connectivity index (χ0) is 11.4. The van der Waals surface area contributed by atoms with Gasteiger partial charge in [0.05, 0.1) is 22.2 Å². The van der Waals surface area contributed by atoms with Crippen molar-refractivity contribution in [1.29, 1.82) is 0 Å². The van der Waals surface area contributed by atoms with Crippen molar-refractivity contribution in [3.8, 4) is 0 Å². The highest BCUT2D eigenvalue weighted by atomic mass is 32.1. The van der Waals surface area contributed by atoms with Crippen LogP contribution in [0.1, 0.15) is 24.8 Å². The van der Waals surface area contributed by atoms with Gasteiger partial charge in [-0.1, -0.05) is 36.8 Å². The van der Waals surface area contributed by atoms with E-state index in [1.54, 1.807) is 0 Å². The standard InChI is InChI=1S/C12H15NO2S/c14-13-9-5-4-8-11(13)12(16-15)10-6-2-1-3-7-10/h1-3,6-7,11,14H,4-5,8-9H2. The lowest BCUT2D eigenvalue weighted by molar-refractivity contribution is -0.121. The number of rotatable bonds is 2. The number of piperidine rings is 1. The molecule has 1 N–H and O–H groups in total. The first kappa shape index (κ1) is 11.5. The van der Waals surface area contributed by atoms with Gasteiger partial charge >= 0.3 is 0 Å². The fourth-order valence-corrected chi connectivity index (χ4v) is 2.66. The van der Waals surface area contributed by atoms with Gasteiger partial charge in [0.2, 0.25) is 0 Å². The van der Waals surface area contributed by atoms with Crippen molar-refractivity contribution in [3.63, 3.8) is 0 Å². The summed E-state index contributed by atoms with van der Waals surface area (Å²) >= 11 is 0.498. The lowest BCUT2D eigenvalue weighted by Crippen LogP contribution is -2.42. The maximum absolute atomic E-state index is 11.2. The first-order chi connectivity index (χ1) is 7.83. The van der Waals surface area contributed by atoms with Gasteiger partial charge in [-0.2, -0.15) is 5.06 Å². The van der Waals surface area contributed by atoms with Gasteiger partial charge < -0.3 is 5.21 Å². The summed E-state index contributed by atoms with van der Waals surface area (Å²) in [6.45, 7) is 0.654. The third-order valence-corrected chi connectivity index (χ3v) is 3.61. The van der Waals surface area contributed by atoms with E-state index in [4.69, 9.17) is 0 Å². The summed E-state index contributed by atoms with van der Waals surface area (Å²) in [5, 5.41) is 11.1. The fourth-order valence-electron chi connectivity index (χ4n) is 2.08. The average molecular weight is 237 g/mol. The molecule has 1 aromatic rings. The maximum Gasteiger partial charge on any atom is 0.0944 e. The maximum atomic E-state index is 11.2. The molecule has 0 radical (unpaired) electrons. The number of benzene rings is 1. The number of hydroxylamine groups is 2. The molecule has 0 aliphatic carbocycles. The molecule has 0 bridgehead atoms. The second-order valence-electron chi connectivity index (χ2n) is 3.99. The predicted octanol–water partition coefficient (Wildman–Crippen LogP) is 1.66. The Morgan fingerprint density at radius 3 is 2.69 bits per heavy atom. The summed E-state index contributed by atoms with van der Waals surface area (Å²) in [6, 6.07) is 9.46. The van der Waals surface area contributed by atoms with Crippen LogP contribution in [0.25, 0.3) is 0 Å². The highest BCUT2D eigenvalue weighted by Crippen LogP contribution is 2.18. The van der Waals surface area contributed by atoms with Crippen molar-refractivity contribution >= 4 is 16.1 Å². The summed E-state index contributed by atoms with van der Waals surface area (Å²) < 4.78 is 11.2. The molecule has 16 heavy (non-hydrogen) atoms. The molecule has 1 unspecified atom stereocenters. The Bertz CT molecular complexity index is 401. The summed E-state index contributed by atoms with van der Waals surface area (Å²) in [6.07, 6.45) is 2.92. The highest BCUT2D eigenvalue weighted by Gasteiger charge is 2.26. The molecule has 1 aromatic carbocycles. The molecule has 1 atom stereocenters. The molecule has 0 spiro atoms. The zero-order valence-corrected chi connectivity index (χ0v) is 9.82. The van der Waals surface area contributed by atoms with Crippen molar-refractivity contribution in [2.45, 2.75) is 25.3 Å². The Kier molecular flexibility index (Phi) is 3.88. The van der Waals surface area contributed by atoms with Crippen LogP contribution in [0, 0.1) is 0 Å². The Morgan fingerprint density at radius 1 is 1.31 bits per heavy atom. The van der Waals surface area contributed by atoms with Crippen molar-refractivity contribution in [3.05, 3.63) is 35.9 Å². The summed E-state index contributed by atoms with van der Waals surface area (Å²) in [5.74, 6) is 0. The smallest absolute Gasteiger partial charge is 0.0944 e. The molecule has 1 heterocycles. The summed E-state index contributed by atoms with van der Waals surface area (Å²) in [4.78, 5) is 0.725. The summed E-state index contributed by atoms with van der Waals surface area (Å²) in [7, 11) is 0. The molecule has 4 heteroatoms. The van der Waals surface area contributed by atoms with E-state index in [-0.39, 0.29) is 6.04 Å². The Labute approximate surface area is 98.7 Å². The largest absolute Gasteiger partial charge is 0.313 e. The molecular weight excluding hydrogens is 222 g/mol. The molecule has 1 aliphatic heterocycles. The van der Waals surface area contributed by atoms with Gasteiger partial charge in [-0.15, -0.1) is 0 Å². The second kappa shape index (κ2) is 5.39. The van der Waals surface area contributed by atoms with Gasteiger partial charge in [-0.05, 0) is 18.4 Å². The fraction of sp³-hybridized carbons (Fsp3) is 0.417. The van der Waals surface area contributed by atoms with Crippen LogP contribution in [-0.2, 0) is 11.3 Å². The van der Waals surface area contributed by atoms with E-state index in [1.807, 2.05) is 30.3 Å². The molecule has 0 saturated carbocycles. The second-order valence-corrected chi connectivity index (χ2v) is 4.59. The molecule has 1 fully saturated rings. The topological polar surface area (TPSA) is 40.5 Å². The van der Waals surface area contributed by atoms with Crippen LogP contribution in [0.4, 0.5) is 0 Å². The van der Waals surface area contributed by atoms with E-state index < -0.39 is 0 Å². The van der Waals surface area contributed by atoms with Crippen LogP contribution in [0.5, 0.6) is 0 Å². The van der Waals surface area contributed by atoms with E-state index in [2.05, 4.69) is 0 Å². The third kappa shape index (κ3) is 2.40. The normalized spacial score (nSPS) is 21.7. The van der Waals surface area contributed by atoms with Crippen molar-refractivity contribution < 1.29 is 9.42 Å². The Morgan fingerprint density at radius 2 is 2.06 bits per heavy atom.